The van der Waals surface area contributed by atoms with Gasteiger partial charge in [-0.3, -0.25) is 4.79 Å². The minimum atomic E-state index is -0.385. The first-order valence-corrected chi connectivity index (χ1v) is 7.88. The number of ether oxygens (including phenoxy) is 1. The maximum atomic E-state index is 12.6. The van der Waals surface area contributed by atoms with E-state index in [2.05, 4.69) is 12.1 Å². The van der Waals surface area contributed by atoms with Crippen LogP contribution < -0.4 is 5.73 Å². The number of likely N-dealkylation sites (N-methyl/N-ethyl adjacent to an activating group) is 1. The highest BCUT2D eigenvalue weighted by molar-refractivity contribution is 5.85. The molecule has 0 radical (unpaired) electrons. The molecule has 1 aliphatic heterocycles. The molecular weight excluding hydrogens is 300 g/mol. The standard InChI is InChI=1S/C17H26N2O2.ClH/c1-2-19(11-8-14-6-4-3-5-7-14)17(20)16(18)15-9-12-21-13-10-15;/h3-7,15-16H,2,8-13,18H2,1H3;1H. The second kappa shape index (κ2) is 9.82. The smallest absolute Gasteiger partial charge is 0.239 e. The van der Waals surface area contributed by atoms with E-state index in [1.807, 2.05) is 30.0 Å². The number of halogens is 1. The monoisotopic (exact) mass is 326 g/mol. The van der Waals surface area contributed by atoms with Gasteiger partial charge < -0.3 is 15.4 Å². The van der Waals surface area contributed by atoms with Crippen LogP contribution in [0.5, 0.6) is 0 Å². The zero-order valence-corrected chi connectivity index (χ0v) is 14.1. The first kappa shape index (κ1) is 18.9. The molecule has 124 valence electrons. The van der Waals surface area contributed by atoms with Gasteiger partial charge in [0.25, 0.3) is 0 Å². The summed E-state index contributed by atoms with van der Waals surface area (Å²) in [5.74, 6) is 0.345. The predicted octanol–water partition coefficient (Wildman–Crippen LogP) is 2.25. The fraction of sp³-hybridized carbons (Fsp3) is 0.588. The topological polar surface area (TPSA) is 55.6 Å². The maximum Gasteiger partial charge on any atom is 0.239 e. The summed E-state index contributed by atoms with van der Waals surface area (Å²) in [6.45, 7) is 4.90. The third-order valence-corrected chi connectivity index (χ3v) is 4.27. The van der Waals surface area contributed by atoms with Crippen LogP contribution in [0.25, 0.3) is 0 Å². The Labute approximate surface area is 139 Å². The third-order valence-electron chi connectivity index (χ3n) is 4.27. The average Bonchev–Trinajstić information content (AvgIpc) is 2.56. The summed E-state index contributed by atoms with van der Waals surface area (Å²) in [6, 6.07) is 9.87. The van der Waals surface area contributed by atoms with E-state index in [-0.39, 0.29) is 30.3 Å². The molecular formula is C17H27ClN2O2. The summed E-state index contributed by atoms with van der Waals surface area (Å²) in [5.41, 5.74) is 7.44. The number of benzene rings is 1. The molecule has 1 saturated heterocycles. The molecule has 0 spiro atoms. The Kier molecular flexibility index (Phi) is 8.46. The van der Waals surface area contributed by atoms with Gasteiger partial charge in [0.2, 0.25) is 5.91 Å². The first-order chi connectivity index (χ1) is 10.2. The summed E-state index contributed by atoms with van der Waals surface area (Å²) in [4.78, 5) is 14.4. The molecule has 22 heavy (non-hydrogen) atoms. The van der Waals surface area contributed by atoms with Gasteiger partial charge in [-0.25, -0.2) is 0 Å². The molecule has 2 rings (SSSR count). The van der Waals surface area contributed by atoms with Crippen LogP contribution in [0.15, 0.2) is 30.3 Å². The number of nitrogens with two attached hydrogens (primary N) is 1. The SMILES string of the molecule is CCN(CCc1ccccc1)C(=O)C(N)C1CCOCC1.Cl. The molecule has 1 atom stereocenters. The summed E-state index contributed by atoms with van der Waals surface area (Å²) < 4.78 is 5.34. The number of amides is 1. The number of hydrogen-bond acceptors (Lipinski definition) is 3. The minimum Gasteiger partial charge on any atom is -0.381 e. The Morgan fingerprint density at radius 2 is 1.95 bits per heavy atom. The number of carbonyl (C=O) groups is 1. The van der Waals surface area contributed by atoms with E-state index in [1.54, 1.807) is 0 Å². The van der Waals surface area contributed by atoms with Gasteiger partial charge in [0, 0.05) is 26.3 Å². The summed E-state index contributed by atoms with van der Waals surface area (Å²) >= 11 is 0. The van der Waals surface area contributed by atoms with Gasteiger partial charge in [0.05, 0.1) is 6.04 Å². The molecule has 0 aliphatic carbocycles. The average molecular weight is 327 g/mol. The Bertz CT molecular complexity index is 436. The van der Waals surface area contributed by atoms with Crippen molar-refractivity contribution < 1.29 is 9.53 Å². The molecule has 1 amide bonds. The van der Waals surface area contributed by atoms with E-state index in [0.717, 1.165) is 39.0 Å². The second-order valence-electron chi connectivity index (χ2n) is 5.63. The van der Waals surface area contributed by atoms with Crippen molar-refractivity contribution in [3.63, 3.8) is 0 Å². The molecule has 0 aromatic heterocycles. The highest BCUT2D eigenvalue weighted by Crippen LogP contribution is 2.19. The van der Waals surface area contributed by atoms with E-state index < -0.39 is 0 Å². The van der Waals surface area contributed by atoms with Crippen molar-refractivity contribution in [3.8, 4) is 0 Å². The minimum absolute atomic E-state index is 0. The molecule has 5 heteroatoms. The van der Waals surface area contributed by atoms with Gasteiger partial charge in [-0.2, -0.15) is 0 Å². The summed E-state index contributed by atoms with van der Waals surface area (Å²) in [7, 11) is 0. The molecule has 0 saturated carbocycles. The van der Waals surface area contributed by atoms with Crippen molar-refractivity contribution in [2.24, 2.45) is 11.7 Å². The zero-order valence-electron chi connectivity index (χ0n) is 13.2. The molecule has 1 aliphatic rings. The van der Waals surface area contributed by atoms with E-state index in [4.69, 9.17) is 10.5 Å². The Balaban J connectivity index is 0.00000242. The normalized spacial score (nSPS) is 16.6. The van der Waals surface area contributed by atoms with Crippen LogP contribution in [0.1, 0.15) is 25.3 Å². The number of carbonyl (C=O) groups excluding carboxylic acids is 1. The van der Waals surface area contributed by atoms with Crippen LogP contribution in [0, 0.1) is 5.92 Å². The summed E-state index contributed by atoms with van der Waals surface area (Å²) in [6.07, 6.45) is 2.66. The van der Waals surface area contributed by atoms with E-state index in [0.29, 0.717) is 6.54 Å². The van der Waals surface area contributed by atoms with Gasteiger partial charge in [-0.05, 0) is 37.7 Å². The molecule has 1 heterocycles. The van der Waals surface area contributed by atoms with Crippen molar-refractivity contribution in [3.05, 3.63) is 35.9 Å². The zero-order chi connectivity index (χ0) is 15.1. The molecule has 0 bridgehead atoms. The van der Waals surface area contributed by atoms with Crippen molar-refractivity contribution in [1.29, 1.82) is 0 Å². The van der Waals surface area contributed by atoms with Crippen molar-refractivity contribution in [2.45, 2.75) is 32.2 Å². The lowest BCUT2D eigenvalue weighted by molar-refractivity contribution is -0.134. The van der Waals surface area contributed by atoms with Crippen LogP contribution in [-0.2, 0) is 16.0 Å². The van der Waals surface area contributed by atoms with E-state index in [1.165, 1.54) is 5.56 Å². The highest BCUT2D eigenvalue weighted by Gasteiger charge is 2.29. The lowest BCUT2D eigenvalue weighted by Gasteiger charge is -2.31. The van der Waals surface area contributed by atoms with Gasteiger partial charge in [0.15, 0.2) is 0 Å². The van der Waals surface area contributed by atoms with Crippen molar-refractivity contribution in [2.75, 3.05) is 26.3 Å². The van der Waals surface area contributed by atoms with Gasteiger partial charge in [-0.1, -0.05) is 30.3 Å². The first-order valence-electron chi connectivity index (χ1n) is 7.88. The lowest BCUT2D eigenvalue weighted by Crippen LogP contribution is -2.49. The maximum absolute atomic E-state index is 12.6. The number of nitrogens with zero attached hydrogens (tertiary/aromatic N) is 1. The highest BCUT2D eigenvalue weighted by atomic mass is 35.5. The van der Waals surface area contributed by atoms with Gasteiger partial charge in [0.1, 0.15) is 0 Å². The third kappa shape index (κ3) is 5.27. The Morgan fingerprint density at radius 3 is 2.55 bits per heavy atom. The van der Waals surface area contributed by atoms with Gasteiger partial charge >= 0.3 is 0 Å². The molecule has 1 aromatic carbocycles. The lowest BCUT2D eigenvalue weighted by atomic mass is 9.91. The Hall–Kier alpha value is -1.10. The molecule has 1 unspecified atom stereocenters. The molecule has 1 fully saturated rings. The molecule has 4 nitrogen and oxygen atoms in total. The predicted molar refractivity (Wildman–Crippen MR) is 91.2 cm³/mol. The van der Waals surface area contributed by atoms with Crippen LogP contribution in [0.4, 0.5) is 0 Å². The van der Waals surface area contributed by atoms with E-state index in [9.17, 15) is 4.79 Å². The number of hydrogen-bond donors (Lipinski definition) is 1. The van der Waals surface area contributed by atoms with Crippen LogP contribution >= 0.6 is 12.4 Å². The molecule has 2 N–H and O–H groups in total. The van der Waals surface area contributed by atoms with Crippen LogP contribution in [-0.4, -0.2) is 43.2 Å². The summed E-state index contributed by atoms with van der Waals surface area (Å²) in [5, 5.41) is 0. The molecule has 1 aromatic rings. The number of rotatable bonds is 6. The van der Waals surface area contributed by atoms with Crippen molar-refractivity contribution >= 4 is 18.3 Å². The van der Waals surface area contributed by atoms with Crippen LogP contribution in [0.3, 0.4) is 0 Å². The largest absolute Gasteiger partial charge is 0.381 e. The Morgan fingerprint density at radius 1 is 1.32 bits per heavy atom. The quantitative estimate of drug-likeness (QED) is 0.872. The van der Waals surface area contributed by atoms with E-state index >= 15 is 0 Å². The second-order valence-corrected chi connectivity index (χ2v) is 5.63. The van der Waals surface area contributed by atoms with Gasteiger partial charge in [-0.15, -0.1) is 12.4 Å². The fourth-order valence-corrected chi connectivity index (χ4v) is 2.82. The van der Waals surface area contributed by atoms with Crippen molar-refractivity contribution in [1.82, 2.24) is 4.90 Å². The van der Waals surface area contributed by atoms with Crippen LogP contribution in [0.2, 0.25) is 0 Å². The fourth-order valence-electron chi connectivity index (χ4n) is 2.82.